The molecular formula is C16H21NO2. The number of hydrogen-bond acceptors (Lipinski definition) is 3. The van der Waals surface area contributed by atoms with Crippen molar-refractivity contribution in [3.8, 4) is 5.75 Å². The number of aryl methyl sites for hydroxylation is 1. The summed E-state index contributed by atoms with van der Waals surface area (Å²) in [7, 11) is 1.71. The van der Waals surface area contributed by atoms with Crippen LogP contribution in [-0.2, 0) is 6.42 Å². The molecule has 3 nitrogen and oxygen atoms in total. The second kappa shape index (κ2) is 6.43. The summed E-state index contributed by atoms with van der Waals surface area (Å²) in [6.07, 6.45) is 3.54. The van der Waals surface area contributed by atoms with Gasteiger partial charge in [-0.15, -0.1) is 0 Å². The molecule has 1 heterocycles. The minimum absolute atomic E-state index is 0.219. The molecule has 0 fully saturated rings. The van der Waals surface area contributed by atoms with E-state index < -0.39 is 0 Å². The molecule has 0 saturated heterocycles. The first-order valence-corrected chi connectivity index (χ1v) is 6.70. The quantitative estimate of drug-likeness (QED) is 0.865. The Bertz CT molecular complexity index is 505. The average Bonchev–Trinajstić information content (AvgIpc) is 2.98. The van der Waals surface area contributed by atoms with Gasteiger partial charge in [0.2, 0.25) is 0 Å². The minimum atomic E-state index is 0.219. The van der Waals surface area contributed by atoms with Crippen molar-refractivity contribution in [3.05, 3.63) is 53.5 Å². The van der Waals surface area contributed by atoms with Crippen LogP contribution in [0.25, 0.3) is 0 Å². The molecule has 0 amide bonds. The predicted molar refractivity (Wildman–Crippen MR) is 76.6 cm³/mol. The molecule has 0 aliphatic rings. The number of nitrogens with two attached hydrogens (primary N) is 1. The fraction of sp³-hybridized carbons (Fsp3) is 0.375. The van der Waals surface area contributed by atoms with Crippen LogP contribution in [0.4, 0.5) is 0 Å². The van der Waals surface area contributed by atoms with Crippen LogP contribution in [-0.4, -0.2) is 13.7 Å². The topological polar surface area (TPSA) is 48.4 Å². The summed E-state index contributed by atoms with van der Waals surface area (Å²) in [5, 5.41) is 0. The van der Waals surface area contributed by atoms with Gasteiger partial charge in [-0.05, 0) is 48.7 Å². The number of methoxy groups -OCH3 is 1. The van der Waals surface area contributed by atoms with Crippen molar-refractivity contribution >= 4 is 0 Å². The van der Waals surface area contributed by atoms with E-state index in [1.54, 1.807) is 13.4 Å². The largest absolute Gasteiger partial charge is 0.496 e. The summed E-state index contributed by atoms with van der Waals surface area (Å²) in [6, 6.07) is 10.3. The second-order valence-electron chi connectivity index (χ2n) is 4.57. The van der Waals surface area contributed by atoms with Crippen LogP contribution >= 0.6 is 0 Å². The molecule has 0 saturated carbocycles. The first kappa shape index (κ1) is 13.7. The van der Waals surface area contributed by atoms with E-state index >= 15 is 0 Å². The van der Waals surface area contributed by atoms with Crippen LogP contribution in [0.3, 0.4) is 0 Å². The van der Waals surface area contributed by atoms with Crippen molar-refractivity contribution in [2.75, 3.05) is 13.7 Å². The molecule has 3 heteroatoms. The molecule has 19 heavy (non-hydrogen) atoms. The highest BCUT2D eigenvalue weighted by Gasteiger charge is 2.17. The van der Waals surface area contributed by atoms with Gasteiger partial charge in [-0.25, -0.2) is 0 Å². The molecule has 2 N–H and O–H groups in total. The van der Waals surface area contributed by atoms with Gasteiger partial charge in [0.1, 0.15) is 11.5 Å². The van der Waals surface area contributed by atoms with E-state index in [0.717, 1.165) is 24.4 Å². The second-order valence-corrected chi connectivity index (χ2v) is 4.57. The normalized spacial score (nSPS) is 12.4. The molecular weight excluding hydrogens is 238 g/mol. The molecule has 1 aromatic heterocycles. The van der Waals surface area contributed by atoms with Gasteiger partial charge in [0.05, 0.1) is 13.4 Å². The Kier molecular flexibility index (Phi) is 4.63. The Balaban J connectivity index is 2.37. The van der Waals surface area contributed by atoms with E-state index in [4.69, 9.17) is 14.9 Å². The van der Waals surface area contributed by atoms with E-state index in [-0.39, 0.29) is 5.92 Å². The van der Waals surface area contributed by atoms with E-state index in [2.05, 4.69) is 19.1 Å². The molecule has 0 bridgehead atoms. The fourth-order valence-corrected chi connectivity index (χ4v) is 2.42. The van der Waals surface area contributed by atoms with Gasteiger partial charge < -0.3 is 14.9 Å². The number of rotatable bonds is 6. The van der Waals surface area contributed by atoms with Crippen molar-refractivity contribution in [2.45, 2.75) is 25.7 Å². The third kappa shape index (κ3) is 2.99. The summed E-state index contributed by atoms with van der Waals surface area (Å²) in [5.74, 6) is 2.13. The lowest BCUT2D eigenvalue weighted by Crippen LogP contribution is -2.08. The highest BCUT2D eigenvalue weighted by molar-refractivity contribution is 5.40. The summed E-state index contributed by atoms with van der Waals surface area (Å²) in [6.45, 7) is 2.77. The van der Waals surface area contributed by atoms with E-state index in [9.17, 15) is 0 Å². The Morgan fingerprint density at radius 3 is 2.74 bits per heavy atom. The molecule has 0 spiro atoms. The van der Waals surface area contributed by atoms with Crippen LogP contribution in [0.15, 0.2) is 41.0 Å². The molecule has 0 radical (unpaired) electrons. The molecule has 2 rings (SSSR count). The third-order valence-electron chi connectivity index (χ3n) is 3.43. The summed E-state index contributed by atoms with van der Waals surface area (Å²) >= 11 is 0. The molecule has 0 aliphatic carbocycles. The number of hydrogen-bond donors (Lipinski definition) is 1. The maximum Gasteiger partial charge on any atom is 0.122 e. The van der Waals surface area contributed by atoms with Crippen LogP contribution in [0.1, 0.15) is 36.1 Å². The SMILES string of the molecule is CCc1cc(C(CCN)c2ccco2)ccc1OC. The van der Waals surface area contributed by atoms with Gasteiger partial charge in [0.15, 0.2) is 0 Å². The maximum atomic E-state index is 5.73. The van der Waals surface area contributed by atoms with Gasteiger partial charge in [-0.1, -0.05) is 19.1 Å². The van der Waals surface area contributed by atoms with Crippen molar-refractivity contribution in [1.82, 2.24) is 0 Å². The lowest BCUT2D eigenvalue weighted by atomic mass is 9.91. The fourth-order valence-electron chi connectivity index (χ4n) is 2.42. The van der Waals surface area contributed by atoms with Crippen LogP contribution < -0.4 is 10.5 Å². The van der Waals surface area contributed by atoms with Crippen LogP contribution in [0.2, 0.25) is 0 Å². The summed E-state index contributed by atoms with van der Waals surface area (Å²) in [4.78, 5) is 0. The van der Waals surface area contributed by atoms with Gasteiger partial charge in [0, 0.05) is 5.92 Å². The van der Waals surface area contributed by atoms with Crippen LogP contribution in [0, 0.1) is 0 Å². The molecule has 1 unspecified atom stereocenters. The van der Waals surface area contributed by atoms with Crippen molar-refractivity contribution in [3.63, 3.8) is 0 Å². The predicted octanol–water partition coefficient (Wildman–Crippen LogP) is 3.33. The molecule has 0 aliphatic heterocycles. The van der Waals surface area contributed by atoms with Gasteiger partial charge in [-0.2, -0.15) is 0 Å². The lowest BCUT2D eigenvalue weighted by molar-refractivity contribution is 0.409. The number of benzene rings is 1. The third-order valence-corrected chi connectivity index (χ3v) is 3.43. The van der Waals surface area contributed by atoms with Gasteiger partial charge in [-0.3, -0.25) is 0 Å². The zero-order valence-electron chi connectivity index (χ0n) is 11.6. The first-order valence-electron chi connectivity index (χ1n) is 6.70. The zero-order chi connectivity index (χ0) is 13.7. The maximum absolute atomic E-state index is 5.73. The standard InChI is InChI=1S/C16H21NO2/c1-3-12-11-13(6-7-15(12)18-2)14(8-9-17)16-5-4-10-19-16/h4-7,10-11,14H,3,8-9,17H2,1-2H3. The smallest absolute Gasteiger partial charge is 0.122 e. The summed E-state index contributed by atoms with van der Waals surface area (Å²) in [5.41, 5.74) is 8.18. The Hall–Kier alpha value is -1.74. The minimum Gasteiger partial charge on any atom is -0.496 e. The van der Waals surface area contributed by atoms with E-state index in [0.29, 0.717) is 6.54 Å². The summed E-state index contributed by atoms with van der Waals surface area (Å²) < 4.78 is 10.9. The molecule has 2 aromatic rings. The first-order chi connectivity index (χ1) is 9.30. The highest BCUT2D eigenvalue weighted by atomic mass is 16.5. The van der Waals surface area contributed by atoms with E-state index in [1.165, 1.54) is 11.1 Å². The average molecular weight is 259 g/mol. The lowest BCUT2D eigenvalue weighted by Gasteiger charge is -2.16. The Morgan fingerprint density at radius 1 is 1.32 bits per heavy atom. The molecule has 1 aromatic carbocycles. The van der Waals surface area contributed by atoms with E-state index in [1.807, 2.05) is 18.2 Å². The van der Waals surface area contributed by atoms with Crippen LogP contribution in [0.5, 0.6) is 5.75 Å². The zero-order valence-corrected chi connectivity index (χ0v) is 11.6. The monoisotopic (exact) mass is 259 g/mol. The van der Waals surface area contributed by atoms with Gasteiger partial charge in [0.25, 0.3) is 0 Å². The van der Waals surface area contributed by atoms with Gasteiger partial charge >= 0.3 is 0 Å². The van der Waals surface area contributed by atoms with Crippen molar-refractivity contribution in [1.29, 1.82) is 0 Å². The Labute approximate surface area is 114 Å². The molecule has 102 valence electrons. The van der Waals surface area contributed by atoms with Crippen molar-refractivity contribution in [2.24, 2.45) is 5.73 Å². The number of furan rings is 1. The molecule has 1 atom stereocenters. The number of ether oxygens (including phenoxy) is 1. The van der Waals surface area contributed by atoms with Crippen molar-refractivity contribution < 1.29 is 9.15 Å². The highest BCUT2D eigenvalue weighted by Crippen LogP contribution is 2.31. The Morgan fingerprint density at radius 2 is 2.16 bits per heavy atom.